The van der Waals surface area contributed by atoms with Crippen molar-refractivity contribution in [2.75, 3.05) is 5.32 Å². The molecule has 2 aliphatic rings. The van der Waals surface area contributed by atoms with Crippen LogP contribution in [0, 0.1) is 0 Å². The zero-order valence-electron chi connectivity index (χ0n) is 35.4. The van der Waals surface area contributed by atoms with E-state index >= 15 is 0 Å². The monoisotopic (exact) mass is 822 g/mol. The lowest BCUT2D eigenvalue weighted by molar-refractivity contribution is 0.480. The van der Waals surface area contributed by atoms with Crippen LogP contribution >= 0.6 is 0 Å². The van der Waals surface area contributed by atoms with E-state index in [1.165, 1.54) is 24.3 Å². The van der Waals surface area contributed by atoms with Gasteiger partial charge in [0.25, 0.3) is 20.2 Å². The van der Waals surface area contributed by atoms with E-state index in [-0.39, 0.29) is 54.4 Å². The Morgan fingerprint density at radius 3 is 1.55 bits per heavy atom. The van der Waals surface area contributed by atoms with Gasteiger partial charge in [-0.15, -0.1) is 0 Å². The SMILES string of the molecule is CC(C)(C)c1cccc(C(C)(C)C)c1/N=c1\cc2oc3cc(Nc4c(C(C)(C)C)cccc4C(C)(C)C)ccc3c(-c3ccccc3S(=O)(=O)O)c-2cc1S(=O)(=O)O. The van der Waals surface area contributed by atoms with Crippen molar-refractivity contribution < 1.29 is 30.4 Å². The second-order valence-corrected chi connectivity index (χ2v) is 21.9. The van der Waals surface area contributed by atoms with E-state index in [2.05, 4.69) is 65.1 Å². The highest BCUT2D eigenvalue weighted by atomic mass is 32.2. The first-order chi connectivity index (χ1) is 26.6. The summed E-state index contributed by atoms with van der Waals surface area (Å²) in [5, 5.41) is 4.06. The number of nitrogens with one attached hydrogen (secondary N) is 1. The number of nitrogens with zero attached hydrogens (tertiary/aromatic N) is 1. The first-order valence-corrected chi connectivity index (χ1v) is 22.1. The van der Waals surface area contributed by atoms with Crippen LogP contribution in [0.2, 0.25) is 0 Å². The van der Waals surface area contributed by atoms with Gasteiger partial charge in [0, 0.05) is 45.6 Å². The molecule has 0 atom stereocenters. The van der Waals surface area contributed by atoms with Gasteiger partial charge in [-0.3, -0.25) is 9.11 Å². The minimum absolute atomic E-state index is 0.0579. The van der Waals surface area contributed by atoms with E-state index in [4.69, 9.17) is 9.41 Å². The molecule has 4 aromatic carbocycles. The third-order valence-electron chi connectivity index (χ3n) is 10.3. The summed E-state index contributed by atoms with van der Waals surface area (Å²) >= 11 is 0. The van der Waals surface area contributed by atoms with Crippen molar-refractivity contribution in [2.24, 2.45) is 4.99 Å². The van der Waals surface area contributed by atoms with Crippen molar-refractivity contribution in [3.8, 4) is 22.5 Å². The number of hydrogen-bond donors (Lipinski definition) is 3. The van der Waals surface area contributed by atoms with Gasteiger partial charge in [0.05, 0.1) is 11.0 Å². The van der Waals surface area contributed by atoms with Crippen LogP contribution in [0.4, 0.5) is 17.1 Å². The Hall–Kier alpha value is -4.81. The summed E-state index contributed by atoms with van der Waals surface area (Å²) in [6, 6.07) is 26.3. The van der Waals surface area contributed by atoms with Crippen LogP contribution in [0.5, 0.6) is 0 Å². The van der Waals surface area contributed by atoms with E-state index in [0.29, 0.717) is 22.3 Å². The Morgan fingerprint density at radius 2 is 1.05 bits per heavy atom. The summed E-state index contributed by atoms with van der Waals surface area (Å²) in [5.41, 5.74) is 5.98. The summed E-state index contributed by atoms with van der Waals surface area (Å²) < 4.78 is 80.3. The number of benzene rings is 5. The summed E-state index contributed by atoms with van der Waals surface area (Å²) in [4.78, 5) is 4.15. The maximum atomic E-state index is 13.3. The van der Waals surface area contributed by atoms with Crippen molar-refractivity contribution in [3.63, 3.8) is 0 Å². The van der Waals surface area contributed by atoms with Gasteiger partial charge in [0.15, 0.2) is 0 Å². The van der Waals surface area contributed by atoms with Gasteiger partial charge >= 0.3 is 0 Å². The van der Waals surface area contributed by atoms with Crippen LogP contribution in [0.3, 0.4) is 0 Å². The Morgan fingerprint density at radius 1 is 0.552 bits per heavy atom. The first kappa shape index (κ1) is 42.8. The van der Waals surface area contributed by atoms with E-state index in [0.717, 1.165) is 27.9 Å². The summed E-state index contributed by atoms with van der Waals surface area (Å²) in [7, 11) is -9.68. The molecule has 1 heterocycles. The molecule has 0 aromatic heterocycles. The predicted octanol–water partition coefficient (Wildman–Crippen LogP) is 11.9. The molecule has 11 heteroatoms. The maximum absolute atomic E-state index is 13.3. The minimum Gasteiger partial charge on any atom is -0.456 e. The van der Waals surface area contributed by atoms with Gasteiger partial charge in [0.1, 0.15) is 21.1 Å². The molecule has 58 heavy (non-hydrogen) atoms. The van der Waals surface area contributed by atoms with E-state index in [9.17, 15) is 25.9 Å². The summed E-state index contributed by atoms with van der Waals surface area (Å²) in [6.45, 7) is 25.3. The fraction of sp³-hybridized carbons (Fsp3) is 0.340. The van der Waals surface area contributed by atoms with Crippen molar-refractivity contribution in [2.45, 2.75) is 115 Å². The lowest BCUT2D eigenvalue weighted by Crippen LogP contribution is -2.20. The second kappa shape index (κ2) is 14.5. The van der Waals surface area contributed by atoms with Crippen molar-refractivity contribution in [3.05, 3.63) is 119 Å². The average molecular weight is 823 g/mol. The highest BCUT2D eigenvalue weighted by Crippen LogP contribution is 2.46. The standard InChI is InChI=1S/C47H54N2O7S2/c1-44(2,3)32-18-15-19-33(45(4,5)6)42(32)48-28-23-24-29-37(25-28)56-38-27-36(49-43-34(46(7,8)9)20-16-21-35(43)47(10,11)12)40(58(53,54)55)26-31(38)41(29)30-17-13-14-22-39(30)57(50,51)52/h13-27,48H,1-12H3,(H,50,51,52)(H,53,54,55)/b49-36+. The van der Waals surface area contributed by atoms with Gasteiger partial charge in [-0.25, -0.2) is 4.99 Å². The molecule has 1 aliphatic heterocycles. The Kier molecular flexibility index (Phi) is 10.7. The van der Waals surface area contributed by atoms with Crippen LogP contribution in [0.1, 0.15) is 105 Å². The highest BCUT2D eigenvalue weighted by Gasteiger charge is 2.30. The topological polar surface area (TPSA) is 146 Å². The Balaban J connectivity index is 1.77. The number of rotatable bonds is 6. The van der Waals surface area contributed by atoms with Crippen LogP contribution in [-0.2, 0) is 41.9 Å². The molecule has 0 spiro atoms. The minimum atomic E-state index is -4.92. The predicted molar refractivity (Wildman–Crippen MR) is 234 cm³/mol. The molecule has 306 valence electrons. The first-order valence-electron chi connectivity index (χ1n) is 19.3. The van der Waals surface area contributed by atoms with Crippen molar-refractivity contribution >= 4 is 48.3 Å². The van der Waals surface area contributed by atoms with Crippen LogP contribution in [-0.4, -0.2) is 25.9 Å². The van der Waals surface area contributed by atoms with Gasteiger partial charge in [-0.05, 0) is 68.2 Å². The largest absolute Gasteiger partial charge is 0.456 e. The van der Waals surface area contributed by atoms with Gasteiger partial charge < -0.3 is 9.73 Å². The molecular weight excluding hydrogens is 769 g/mol. The lowest BCUT2D eigenvalue weighted by Gasteiger charge is -2.30. The third-order valence-corrected chi connectivity index (χ3v) is 12.1. The third kappa shape index (κ3) is 8.50. The number of hydrogen-bond acceptors (Lipinski definition) is 7. The quantitative estimate of drug-likeness (QED) is 0.111. The van der Waals surface area contributed by atoms with Gasteiger partial charge in [-0.2, -0.15) is 16.8 Å². The average Bonchev–Trinajstić information content (AvgIpc) is 3.07. The van der Waals surface area contributed by atoms with Crippen molar-refractivity contribution in [1.29, 1.82) is 0 Å². The molecule has 0 saturated heterocycles. The van der Waals surface area contributed by atoms with Gasteiger partial charge in [-0.1, -0.05) is 138 Å². The molecule has 0 saturated carbocycles. The zero-order valence-corrected chi connectivity index (χ0v) is 37.0. The molecular formula is C47H54N2O7S2. The van der Waals surface area contributed by atoms with Crippen LogP contribution in [0.25, 0.3) is 33.4 Å². The number of para-hydroxylation sites is 2. The van der Waals surface area contributed by atoms with Crippen LogP contribution < -0.4 is 10.7 Å². The maximum Gasteiger partial charge on any atom is 0.296 e. The van der Waals surface area contributed by atoms with Crippen molar-refractivity contribution in [1.82, 2.24) is 0 Å². The van der Waals surface area contributed by atoms with E-state index in [1.54, 1.807) is 18.2 Å². The Bertz CT molecular complexity index is 2780. The van der Waals surface area contributed by atoms with Gasteiger partial charge in [0.2, 0.25) is 0 Å². The molecule has 6 rings (SSSR count). The summed E-state index contributed by atoms with van der Waals surface area (Å²) in [5.74, 6) is 0.173. The molecule has 1 aliphatic carbocycles. The number of anilines is 2. The molecule has 9 nitrogen and oxygen atoms in total. The highest BCUT2D eigenvalue weighted by molar-refractivity contribution is 7.86. The van der Waals surface area contributed by atoms with E-state index < -0.39 is 25.1 Å². The number of fused-ring (bicyclic) bond motifs is 2. The molecule has 0 fully saturated rings. The van der Waals surface area contributed by atoms with Crippen LogP contribution in [0.15, 0.2) is 110 Å². The molecule has 0 unspecified atom stereocenters. The Labute approximate surface area is 343 Å². The fourth-order valence-corrected chi connectivity index (χ4v) is 8.88. The second-order valence-electron chi connectivity index (χ2n) is 19.1. The summed E-state index contributed by atoms with van der Waals surface area (Å²) in [6.07, 6.45) is 0. The molecule has 3 N–H and O–H groups in total. The molecule has 0 bridgehead atoms. The molecule has 4 aromatic rings. The van der Waals surface area contributed by atoms with E-state index in [1.807, 2.05) is 71.9 Å². The molecule has 0 amide bonds. The normalized spacial score (nSPS) is 13.7. The molecule has 0 radical (unpaired) electrons. The zero-order chi connectivity index (χ0) is 43.0. The fourth-order valence-electron chi connectivity index (χ4n) is 7.54. The smallest absolute Gasteiger partial charge is 0.296 e. The lowest BCUT2D eigenvalue weighted by atomic mass is 9.78.